The summed E-state index contributed by atoms with van der Waals surface area (Å²) in [6.07, 6.45) is 0. The molecule has 1 amide bonds. The van der Waals surface area contributed by atoms with Crippen molar-refractivity contribution in [1.29, 1.82) is 0 Å². The van der Waals surface area contributed by atoms with Gasteiger partial charge in [0.1, 0.15) is 11.5 Å². The van der Waals surface area contributed by atoms with Gasteiger partial charge in [0.2, 0.25) is 0 Å². The number of nitrogens with one attached hydrogen (secondary N) is 1. The Morgan fingerprint density at radius 1 is 1.33 bits per heavy atom. The van der Waals surface area contributed by atoms with Gasteiger partial charge >= 0.3 is 0 Å². The van der Waals surface area contributed by atoms with Gasteiger partial charge in [-0.1, -0.05) is 17.7 Å². The molecule has 108 valence electrons. The van der Waals surface area contributed by atoms with E-state index < -0.39 is 16.6 Å². The minimum Gasteiger partial charge on any atom is -0.393 e. The van der Waals surface area contributed by atoms with Gasteiger partial charge in [-0.25, -0.2) is 4.39 Å². The number of carbonyl (C=O) groups excluding carboxylic acids is 1. The Morgan fingerprint density at radius 3 is 2.71 bits per heavy atom. The summed E-state index contributed by atoms with van der Waals surface area (Å²) in [4.78, 5) is 22.2. The SMILES string of the molecule is Nc1c(C(=O)Nc2cc(F)ccc2Cl)cccc1[N+](=O)[O-]. The molecule has 2 rings (SSSR count). The summed E-state index contributed by atoms with van der Waals surface area (Å²) in [6, 6.07) is 7.29. The Kier molecular flexibility index (Phi) is 4.04. The zero-order chi connectivity index (χ0) is 15.6. The summed E-state index contributed by atoms with van der Waals surface area (Å²) in [6.45, 7) is 0. The summed E-state index contributed by atoms with van der Waals surface area (Å²) in [5.41, 5.74) is 4.90. The molecule has 0 bridgehead atoms. The van der Waals surface area contributed by atoms with Crippen molar-refractivity contribution in [1.82, 2.24) is 0 Å². The largest absolute Gasteiger partial charge is 0.393 e. The fourth-order valence-corrected chi connectivity index (χ4v) is 1.86. The minimum absolute atomic E-state index is 0.0487. The molecule has 0 fully saturated rings. The normalized spacial score (nSPS) is 10.2. The molecule has 0 aliphatic heterocycles. The van der Waals surface area contributed by atoms with Gasteiger partial charge in [-0.05, 0) is 24.3 Å². The third kappa shape index (κ3) is 3.09. The smallest absolute Gasteiger partial charge is 0.292 e. The average Bonchev–Trinajstić information content (AvgIpc) is 2.42. The lowest BCUT2D eigenvalue weighted by atomic mass is 10.1. The number of hydrogen-bond acceptors (Lipinski definition) is 4. The first-order valence-corrected chi connectivity index (χ1v) is 6.07. The predicted octanol–water partition coefficient (Wildman–Crippen LogP) is 3.22. The molecule has 0 aliphatic rings. The maximum Gasteiger partial charge on any atom is 0.292 e. The maximum absolute atomic E-state index is 13.1. The van der Waals surface area contributed by atoms with Crippen LogP contribution >= 0.6 is 11.6 Å². The van der Waals surface area contributed by atoms with Gasteiger partial charge in [-0.3, -0.25) is 14.9 Å². The van der Waals surface area contributed by atoms with E-state index in [2.05, 4.69) is 5.32 Å². The number of nitro groups is 1. The molecule has 21 heavy (non-hydrogen) atoms. The van der Waals surface area contributed by atoms with Crippen molar-refractivity contribution in [3.05, 3.63) is 62.9 Å². The third-order valence-corrected chi connectivity index (χ3v) is 3.03. The van der Waals surface area contributed by atoms with Crippen LogP contribution in [0.4, 0.5) is 21.5 Å². The van der Waals surface area contributed by atoms with E-state index in [0.29, 0.717) is 0 Å². The summed E-state index contributed by atoms with van der Waals surface area (Å²) >= 11 is 5.83. The standard InChI is InChI=1S/C13H9ClFN3O3/c14-9-5-4-7(15)6-10(9)17-13(19)8-2-1-3-11(12(8)16)18(20)21/h1-6H,16H2,(H,17,19). The Hall–Kier alpha value is -2.67. The lowest BCUT2D eigenvalue weighted by Gasteiger charge is -2.09. The predicted molar refractivity (Wildman–Crippen MR) is 76.9 cm³/mol. The molecule has 8 heteroatoms. The third-order valence-electron chi connectivity index (χ3n) is 2.70. The van der Waals surface area contributed by atoms with Gasteiger partial charge in [-0.2, -0.15) is 0 Å². The zero-order valence-corrected chi connectivity index (χ0v) is 11.2. The first kappa shape index (κ1) is 14.7. The van der Waals surface area contributed by atoms with E-state index in [1.807, 2.05) is 0 Å². The van der Waals surface area contributed by atoms with E-state index in [1.165, 1.54) is 24.3 Å². The molecule has 0 aromatic heterocycles. The highest BCUT2D eigenvalue weighted by Gasteiger charge is 2.19. The average molecular weight is 310 g/mol. The second-order valence-electron chi connectivity index (χ2n) is 4.07. The maximum atomic E-state index is 13.1. The first-order valence-electron chi connectivity index (χ1n) is 5.69. The number of carbonyl (C=O) groups is 1. The Bertz CT molecular complexity index is 737. The van der Waals surface area contributed by atoms with Crippen molar-refractivity contribution in [2.24, 2.45) is 0 Å². The van der Waals surface area contributed by atoms with Crippen molar-refractivity contribution in [3.63, 3.8) is 0 Å². The molecular formula is C13H9ClFN3O3. The van der Waals surface area contributed by atoms with Crippen LogP contribution in [0.1, 0.15) is 10.4 Å². The lowest BCUT2D eigenvalue weighted by molar-refractivity contribution is -0.383. The van der Waals surface area contributed by atoms with Crippen molar-refractivity contribution < 1.29 is 14.1 Å². The van der Waals surface area contributed by atoms with E-state index in [-0.39, 0.29) is 27.6 Å². The quantitative estimate of drug-likeness (QED) is 0.516. The molecule has 0 radical (unpaired) electrons. The van der Waals surface area contributed by atoms with Crippen LogP contribution in [0.5, 0.6) is 0 Å². The van der Waals surface area contributed by atoms with Gasteiger partial charge < -0.3 is 11.1 Å². The van der Waals surface area contributed by atoms with E-state index in [9.17, 15) is 19.3 Å². The molecule has 0 spiro atoms. The van der Waals surface area contributed by atoms with E-state index in [4.69, 9.17) is 17.3 Å². The molecule has 3 N–H and O–H groups in total. The van der Waals surface area contributed by atoms with Crippen LogP contribution in [0, 0.1) is 15.9 Å². The number of benzene rings is 2. The van der Waals surface area contributed by atoms with E-state index in [1.54, 1.807) is 0 Å². The molecule has 2 aromatic rings. The number of nitrogen functional groups attached to an aromatic ring is 1. The van der Waals surface area contributed by atoms with Crippen LogP contribution in [0.3, 0.4) is 0 Å². The van der Waals surface area contributed by atoms with Gasteiger partial charge in [0, 0.05) is 6.07 Å². The molecule has 0 atom stereocenters. The molecule has 0 saturated heterocycles. The first-order chi connectivity index (χ1) is 9.90. The topological polar surface area (TPSA) is 98.3 Å². The van der Waals surface area contributed by atoms with Gasteiger partial charge in [0.05, 0.1) is 21.2 Å². The lowest BCUT2D eigenvalue weighted by Crippen LogP contribution is -2.15. The number of nitrogens with two attached hydrogens (primary N) is 1. The van der Waals surface area contributed by atoms with Crippen molar-refractivity contribution in [3.8, 4) is 0 Å². The fourth-order valence-electron chi connectivity index (χ4n) is 1.69. The molecule has 0 heterocycles. The van der Waals surface area contributed by atoms with Crippen LogP contribution in [-0.2, 0) is 0 Å². The van der Waals surface area contributed by atoms with Gasteiger partial charge in [0.25, 0.3) is 11.6 Å². The summed E-state index contributed by atoms with van der Waals surface area (Å²) in [5, 5.41) is 13.3. The molecule has 0 unspecified atom stereocenters. The fraction of sp³-hybridized carbons (Fsp3) is 0. The highest BCUT2D eigenvalue weighted by molar-refractivity contribution is 6.34. The second-order valence-corrected chi connectivity index (χ2v) is 4.48. The second kappa shape index (κ2) is 5.76. The number of halogens is 2. The number of rotatable bonds is 3. The number of amides is 1. The van der Waals surface area contributed by atoms with Crippen molar-refractivity contribution >= 4 is 34.6 Å². The Labute approximate surface area is 123 Å². The van der Waals surface area contributed by atoms with Crippen molar-refractivity contribution in [2.75, 3.05) is 11.1 Å². The van der Waals surface area contributed by atoms with Crippen LogP contribution in [0.25, 0.3) is 0 Å². The van der Waals surface area contributed by atoms with Crippen LogP contribution < -0.4 is 11.1 Å². The molecular weight excluding hydrogens is 301 g/mol. The van der Waals surface area contributed by atoms with E-state index in [0.717, 1.165) is 12.1 Å². The molecule has 2 aromatic carbocycles. The number of para-hydroxylation sites is 1. The summed E-state index contributed by atoms with van der Waals surface area (Å²) < 4.78 is 13.1. The molecule has 0 aliphatic carbocycles. The number of anilines is 2. The van der Waals surface area contributed by atoms with Crippen LogP contribution in [0.2, 0.25) is 5.02 Å². The summed E-state index contributed by atoms with van der Waals surface area (Å²) in [7, 11) is 0. The number of hydrogen-bond donors (Lipinski definition) is 2. The molecule has 6 nitrogen and oxygen atoms in total. The van der Waals surface area contributed by atoms with Crippen LogP contribution in [0.15, 0.2) is 36.4 Å². The zero-order valence-electron chi connectivity index (χ0n) is 10.5. The highest BCUT2D eigenvalue weighted by atomic mass is 35.5. The highest BCUT2D eigenvalue weighted by Crippen LogP contribution is 2.27. The monoisotopic (exact) mass is 309 g/mol. The Balaban J connectivity index is 2.35. The van der Waals surface area contributed by atoms with Crippen LogP contribution in [-0.4, -0.2) is 10.8 Å². The Morgan fingerprint density at radius 2 is 2.05 bits per heavy atom. The number of nitro benzene ring substituents is 1. The minimum atomic E-state index is -0.719. The number of nitrogens with zero attached hydrogens (tertiary/aromatic N) is 1. The van der Waals surface area contributed by atoms with Gasteiger partial charge in [-0.15, -0.1) is 0 Å². The van der Waals surface area contributed by atoms with Gasteiger partial charge in [0.15, 0.2) is 0 Å². The van der Waals surface area contributed by atoms with Crippen molar-refractivity contribution in [2.45, 2.75) is 0 Å². The summed E-state index contributed by atoms with van der Waals surface area (Å²) in [5.74, 6) is -1.30. The van der Waals surface area contributed by atoms with E-state index >= 15 is 0 Å². The molecule has 0 saturated carbocycles.